The van der Waals surface area contributed by atoms with Crippen molar-refractivity contribution >= 4 is 28.4 Å². The van der Waals surface area contributed by atoms with Gasteiger partial charge in [-0.3, -0.25) is 9.59 Å². The van der Waals surface area contributed by atoms with Crippen LogP contribution in [0.25, 0.3) is 16.8 Å². The van der Waals surface area contributed by atoms with Crippen LogP contribution in [0.15, 0.2) is 54.6 Å². The Hall–Kier alpha value is -3.20. The summed E-state index contributed by atoms with van der Waals surface area (Å²) in [6.07, 6.45) is 3.63. The van der Waals surface area contributed by atoms with Crippen molar-refractivity contribution in [1.29, 1.82) is 0 Å². The summed E-state index contributed by atoms with van der Waals surface area (Å²) in [5, 5.41) is 2.25. The molecule has 0 unspecified atom stereocenters. The number of hydrogen-bond donors (Lipinski definition) is 0. The van der Waals surface area contributed by atoms with E-state index in [1.165, 1.54) is 6.08 Å². The van der Waals surface area contributed by atoms with Crippen LogP contribution < -0.4 is 4.74 Å². The van der Waals surface area contributed by atoms with Crippen LogP contribution in [0.4, 0.5) is 0 Å². The third kappa shape index (κ3) is 1.78. The molecule has 24 heavy (non-hydrogen) atoms. The lowest BCUT2D eigenvalue weighted by Crippen LogP contribution is -2.20. The van der Waals surface area contributed by atoms with Crippen molar-refractivity contribution in [2.75, 3.05) is 0 Å². The minimum absolute atomic E-state index is 0.447. The quantitative estimate of drug-likeness (QED) is 0.454. The summed E-state index contributed by atoms with van der Waals surface area (Å²) < 4.78 is 6.05. The molecule has 0 aromatic heterocycles. The van der Waals surface area contributed by atoms with Crippen LogP contribution in [0.1, 0.15) is 27.0 Å². The average Bonchev–Trinajstić information content (AvgIpc) is 2.61. The number of Topliss-reactive ketones (excluding diaryl/α,β-unsaturated/α-hetero) is 1. The lowest BCUT2D eigenvalue weighted by atomic mass is 9.86. The lowest BCUT2D eigenvalue weighted by molar-refractivity contribution is -0.110. The Bertz CT molecular complexity index is 1090. The largest absolute Gasteiger partial charge is 0.457 e. The van der Waals surface area contributed by atoms with Gasteiger partial charge in [0.2, 0.25) is 11.6 Å². The molecule has 5 rings (SSSR count). The van der Waals surface area contributed by atoms with E-state index in [4.69, 9.17) is 4.74 Å². The molecule has 1 aliphatic carbocycles. The molecule has 0 N–H and O–H groups in total. The van der Waals surface area contributed by atoms with Gasteiger partial charge in [-0.2, -0.15) is 0 Å². The number of ether oxygens (including phenoxy) is 1. The zero-order chi connectivity index (χ0) is 16.3. The number of ketones is 2. The molecule has 0 fully saturated rings. The molecule has 3 aromatic carbocycles. The fourth-order valence-corrected chi connectivity index (χ4v) is 3.50. The summed E-state index contributed by atoms with van der Waals surface area (Å²) in [5.74, 6) is 0.552. The maximum atomic E-state index is 12.4. The number of carbonyl (C=O) groups is 2. The molecule has 1 heterocycles. The molecule has 3 aromatic rings. The molecule has 0 amide bonds. The van der Waals surface area contributed by atoms with Crippen molar-refractivity contribution in [3.05, 3.63) is 76.9 Å². The Balaban J connectivity index is 1.72. The first-order valence-corrected chi connectivity index (χ1v) is 7.83. The van der Waals surface area contributed by atoms with Crippen molar-refractivity contribution in [3.63, 3.8) is 0 Å². The molecule has 114 valence electrons. The van der Waals surface area contributed by atoms with Gasteiger partial charge in [-0.15, -0.1) is 0 Å². The maximum absolute atomic E-state index is 12.4. The zero-order valence-electron chi connectivity index (χ0n) is 12.7. The number of benzene rings is 3. The normalized spacial score (nSPS) is 14.8. The highest BCUT2D eigenvalue weighted by Gasteiger charge is 2.29. The summed E-state index contributed by atoms with van der Waals surface area (Å²) in [7, 11) is 0. The predicted octanol–water partition coefficient (Wildman–Crippen LogP) is 4.31. The van der Waals surface area contributed by atoms with E-state index in [2.05, 4.69) is 12.1 Å². The second-order valence-electron chi connectivity index (χ2n) is 6.12. The molecule has 1 aliphatic heterocycles. The average molecular weight is 312 g/mol. The van der Waals surface area contributed by atoms with Gasteiger partial charge < -0.3 is 4.74 Å². The molecule has 0 bridgehead atoms. The van der Waals surface area contributed by atoms with Gasteiger partial charge in [-0.1, -0.05) is 36.4 Å². The van der Waals surface area contributed by atoms with Crippen molar-refractivity contribution < 1.29 is 14.3 Å². The number of hydrogen-bond acceptors (Lipinski definition) is 3. The summed E-state index contributed by atoms with van der Waals surface area (Å²) in [5.41, 5.74) is 3.10. The molecule has 2 aliphatic rings. The van der Waals surface area contributed by atoms with Crippen LogP contribution in [-0.4, -0.2) is 11.6 Å². The molecule has 0 spiro atoms. The molecule has 3 nitrogen and oxygen atoms in total. The topological polar surface area (TPSA) is 43.4 Å². The fourth-order valence-electron chi connectivity index (χ4n) is 3.50. The zero-order valence-corrected chi connectivity index (χ0v) is 12.7. The summed E-state index contributed by atoms with van der Waals surface area (Å²) in [6, 6.07) is 15.9. The third-order valence-electron chi connectivity index (χ3n) is 4.68. The monoisotopic (exact) mass is 312 g/mol. The van der Waals surface area contributed by atoms with Crippen LogP contribution in [0.2, 0.25) is 0 Å². The van der Waals surface area contributed by atoms with Crippen LogP contribution in [0.5, 0.6) is 11.5 Å². The third-order valence-corrected chi connectivity index (χ3v) is 4.68. The molecular formula is C21H12O3. The van der Waals surface area contributed by atoms with Gasteiger partial charge in [0.15, 0.2) is 0 Å². The summed E-state index contributed by atoms with van der Waals surface area (Å²) in [6.45, 7) is 0. The Morgan fingerprint density at radius 2 is 1.62 bits per heavy atom. The van der Waals surface area contributed by atoms with Crippen molar-refractivity contribution in [2.45, 2.75) is 6.42 Å². The van der Waals surface area contributed by atoms with Gasteiger partial charge in [0.05, 0.1) is 0 Å². The van der Waals surface area contributed by atoms with Gasteiger partial charge in [0.1, 0.15) is 11.5 Å². The lowest BCUT2D eigenvalue weighted by Gasteiger charge is -2.24. The van der Waals surface area contributed by atoms with E-state index < -0.39 is 11.6 Å². The van der Waals surface area contributed by atoms with E-state index in [9.17, 15) is 9.59 Å². The minimum Gasteiger partial charge on any atom is -0.457 e. The molecule has 0 saturated carbocycles. The van der Waals surface area contributed by atoms with E-state index in [0.717, 1.165) is 33.2 Å². The van der Waals surface area contributed by atoms with Gasteiger partial charge in [0, 0.05) is 17.5 Å². The van der Waals surface area contributed by atoms with E-state index in [1.54, 1.807) is 6.08 Å². The Morgan fingerprint density at radius 3 is 2.46 bits per heavy atom. The Kier molecular flexibility index (Phi) is 2.57. The Morgan fingerprint density at radius 1 is 0.833 bits per heavy atom. The highest BCUT2D eigenvalue weighted by molar-refractivity contribution is 6.50. The van der Waals surface area contributed by atoms with Crippen molar-refractivity contribution in [3.8, 4) is 11.5 Å². The highest BCUT2D eigenvalue weighted by Crippen LogP contribution is 2.41. The maximum Gasteiger partial charge on any atom is 0.233 e. The number of fused-ring (bicyclic) bond motifs is 5. The highest BCUT2D eigenvalue weighted by atomic mass is 16.5. The van der Waals surface area contributed by atoms with Crippen molar-refractivity contribution in [2.24, 2.45) is 0 Å². The first kappa shape index (κ1) is 13.3. The van der Waals surface area contributed by atoms with E-state index in [1.807, 2.05) is 36.4 Å². The van der Waals surface area contributed by atoms with Crippen molar-refractivity contribution in [1.82, 2.24) is 0 Å². The molecule has 3 heteroatoms. The van der Waals surface area contributed by atoms with Gasteiger partial charge >= 0.3 is 0 Å². The number of rotatable bonds is 0. The van der Waals surface area contributed by atoms with Crippen LogP contribution in [0, 0.1) is 0 Å². The smallest absolute Gasteiger partial charge is 0.233 e. The summed E-state index contributed by atoms with van der Waals surface area (Å²) >= 11 is 0. The second kappa shape index (κ2) is 4.65. The minimum atomic E-state index is -0.472. The molecule has 0 saturated heterocycles. The van der Waals surface area contributed by atoms with Gasteiger partial charge in [0.25, 0.3) is 0 Å². The van der Waals surface area contributed by atoms with E-state index in [0.29, 0.717) is 17.7 Å². The SMILES string of the molecule is O=C1C=Cc2ccc3c(c2C1=O)Cc1cc2ccccc2cc1O3. The first-order valence-electron chi connectivity index (χ1n) is 7.83. The predicted molar refractivity (Wildman–Crippen MR) is 91.6 cm³/mol. The number of allylic oxidation sites excluding steroid dienone is 1. The Labute approximate surface area is 138 Å². The van der Waals surface area contributed by atoms with Gasteiger partial charge in [-0.05, 0) is 46.2 Å². The van der Waals surface area contributed by atoms with E-state index in [-0.39, 0.29) is 0 Å². The van der Waals surface area contributed by atoms with Crippen LogP contribution >= 0.6 is 0 Å². The first-order chi connectivity index (χ1) is 11.7. The fraction of sp³-hybridized carbons (Fsp3) is 0.0476. The van der Waals surface area contributed by atoms with E-state index >= 15 is 0 Å². The molecule has 0 radical (unpaired) electrons. The number of carbonyl (C=O) groups excluding carboxylic acids is 2. The summed E-state index contributed by atoms with van der Waals surface area (Å²) in [4.78, 5) is 24.1. The van der Waals surface area contributed by atoms with Crippen LogP contribution in [-0.2, 0) is 11.2 Å². The van der Waals surface area contributed by atoms with Crippen LogP contribution in [0.3, 0.4) is 0 Å². The second-order valence-corrected chi connectivity index (χ2v) is 6.12. The standard InChI is InChI=1S/C21H12O3/c22-17-7-5-12-6-8-18-16(20(12)21(17)23)10-15-9-13-3-1-2-4-14(13)11-19(15)24-18/h1-9,11H,10H2. The molecule has 0 atom stereocenters. The molecular weight excluding hydrogens is 300 g/mol. The van der Waals surface area contributed by atoms with Gasteiger partial charge in [-0.25, -0.2) is 0 Å².